The summed E-state index contributed by atoms with van der Waals surface area (Å²) < 4.78 is 29.3. The summed E-state index contributed by atoms with van der Waals surface area (Å²) in [5, 5.41) is 8.49. The molecule has 5 nitrogen and oxygen atoms in total. The van der Waals surface area contributed by atoms with E-state index in [2.05, 4.69) is 26.2 Å². The molecule has 28 heavy (non-hydrogen) atoms. The summed E-state index contributed by atoms with van der Waals surface area (Å²) in [7, 11) is -3.81. The molecule has 0 bridgehead atoms. The lowest BCUT2D eigenvalue weighted by atomic mass is 10.2. The molecule has 0 fully saturated rings. The van der Waals surface area contributed by atoms with Crippen molar-refractivity contribution in [1.82, 2.24) is 15.0 Å². The Bertz CT molecular complexity index is 1190. The Morgan fingerprint density at radius 2 is 1.43 bits per heavy atom. The largest absolute Gasteiger partial charge is 0.228 e. The molecule has 1 aromatic heterocycles. The minimum Gasteiger partial charge on any atom is -0.228 e. The van der Waals surface area contributed by atoms with E-state index < -0.39 is 9.84 Å². The molecule has 0 spiro atoms. The Balaban J connectivity index is 1.90. The first-order valence-electron chi connectivity index (χ1n) is 8.59. The van der Waals surface area contributed by atoms with Gasteiger partial charge in [0, 0.05) is 10.0 Å². The summed E-state index contributed by atoms with van der Waals surface area (Å²) in [6.07, 6.45) is 0. The van der Waals surface area contributed by atoms with Crippen LogP contribution in [0.25, 0.3) is 11.3 Å². The van der Waals surface area contributed by atoms with Gasteiger partial charge in [0.2, 0.25) is 9.84 Å². The molecular formula is C21H16BrN3O2S. The standard InChI is InChI=1S/C21H16BrN3O2S/c22-18-13-11-17(12-14-18)20-21(28(26,27)19-9-5-2-6-10-19)25(24-23-20)15-16-7-3-1-4-8-16/h1-14H,15H2. The molecule has 0 aliphatic heterocycles. The summed E-state index contributed by atoms with van der Waals surface area (Å²) in [4.78, 5) is 0.213. The van der Waals surface area contributed by atoms with Gasteiger partial charge in [-0.15, -0.1) is 5.10 Å². The molecule has 4 rings (SSSR count). The maximum atomic E-state index is 13.5. The molecule has 0 radical (unpaired) electrons. The van der Waals surface area contributed by atoms with Crippen LogP contribution < -0.4 is 0 Å². The summed E-state index contributed by atoms with van der Waals surface area (Å²) in [5.74, 6) is 0. The van der Waals surface area contributed by atoms with E-state index in [1.807, 2.05) is 54.6 Å². The highest BCUT2D eigenvalue weighted by atomic mass is 79.9. The average molecular weight is 454 g/mol. The fourth-order valence-corrected chi connectivity index (χ4v) is 4.73. The quantitative estimate of drug-likeness (QED) is 0.443. The maximum absolute atomic E-state index is 13.5. The van der Waals surface area contributed by atoms with Crippen LogP contribution in [0.5, 0.6) is 0 Å². The Hall–Kier alpha value is -2.77. The molecule has 0 aliphatic rings. The van der Waals surface area contributed by atoms with Crippen LogP contribution in [-0.4, -0.2) is 23.4 Å². The summed E-state index contributed by atoms with van der Waals surface area (Å²) >= 11 is 3.40. The zero-order valence-electron chi connectivity index (χ0n) is 14.7. The predicted octanol–water partition coefficient (Wildman–Crippen LogP) is 4.59. The van der Waals surface area contributed by atoms with Crippen LogP contribution in [0, 0.1) is 0 Å². The van der Waals surface area contributed by atoms with Gasteiger partial charge in [-0.25, -0.2) is 13.1 Å². The van der Waals surface area contributed by atoms with E-state index in [1.54, 1.807) is 30.3 Å². The van der Waals surface area contributed by atoms with E-state index in [0.717, 1.165) is 10.0 Å². The topological polar surface area (TPSA) is 64.8 Å². The van der Waals surface area contributed by atoms with Gasteiger partial charge in [-0.3, -0.25) is 0 Å². The van der Waals surface area contributed by atoms with Gasteiger partial charge in [0.25, 0.3) is 0 Å². The molecule has 0 unspecified atom stereocenters. The zero-order valence-corrected chi connectivity index (χ0v) is 17.1. The summed E-state index contributed by atoms with van der Waals surface area (Å²) in [6, 6.07) is 25.3. The van der Waals surface area contributed by atoms with E-state index in [4.69, 9.17) is 0 Å². The lowest BCUT2D eigenvalue weighted by molar-refractivity contribution is 0.557. The second kappa shape index (κ2) is 7.69. The molecule has 0 atom stereocenters. The van der Waals surface area contributed by atoms with E-state index in [1.165, 1.54) is 4.68 Å². The van der Waals surface area contributed by atoms with E-state index >= 15 is 0 Å². The third-order valence-electron chi connectivity index (χ3n) is 4.29. The smallest absolute Gasteiger partial charge is 0.225 e. The molecule has 0 saturated carbocycles. The van der Waals surface area contributed by atoms with Crippen LogP contribution in [0.15, 0.2) is 99.3 Å². The molecular weight excluding hydrogens is 438 g/mol. The monoisotopic (exact) mass is 453 g/mol. The van der Waals surface area contributed by atoms with Crippen molar-refractivity contribution in [3.05, 3.63) is 95.0 Å². The number of halogens is 1. The number of sulfone groups is 1. The number of hydrogen-bond donors (Lipinski definition) is 0. The van der Waals surface area contributed by atoms with Crippen LogP contribution in [0.3, 0.4) is 0 Å². The SMILES string of the molecule is O=S(=O)(c1ccccc1)c1c(-c2ccc(Br)cc2)nnn1Cc1ccccc1. The highest BCUT2D eigenvalue weighted by Crippen LogP contribution is 2.31. The van der Waals surface area contributed by atoms with Crippen molar-refractivity contribution in [2.24, 2.45) is 0 Å². The summed E-state index contributed by atoms with van der Waals surface area (Å²) in [5.41, 5.74) is 1.98. The van der Waals surface area contributed by atoms with Crippen LogP contribution in [0.2, 0.25) is 0 Å². The lowest BCUT2D eigenvalue weighted by Crippen LogP contribution is -2.13. The highest BCUT2D eigenvalue weighted by Gasteiger charge is 2.29. The molecule has 140 valence electrons. The molecule has 4 aromatic rings. The van der Waals surface area contributed by atoms with E-state index in [0.29, 0.717) is 17.8 Å². The van der Waals surface area contributed by atoms with Crippen molar-refractivity contribution in [1.29, 1.82) is 0 Å². The van der Waals surface area contributed by atoms with E-state index in [9.17, 15) is 8.42 Å². The fraction of sp³-hybridized carbons (Fsp3) is 0.0476. The van der Waals surface area contributed by atoms with Crippen LogP contribution in [0.4, 0.5) is 0 Å². The number of benzene rings is 3. The third kappa shape index (κ3) is 3.63. The Morgan fingerprint density at radius 1 is 0.821 bits per heavy atom. The van der Waals surface area contributed by atoms with Crippen molar-refractivity contribution < 1.29 is 8.42 Å². The van der Waals surface area contributed by atoms with Crippen molar-refractivity contribution in [2.75, 3.05) is 0 Å². The zero-order chi connectivity index (χ0) is 19.6. The second-order valence-electron chi connectivity index (χ2n) is 6.21. The Morgan fingerprint density at radius 3 is 2.07 bits per heavy atom. The van der Waals surface area contributed by atoms with Gasteiger partial charge in [-0.05, 0) is 29.8 Å². The van der Waals surface area contributed by atoms with Gasteiger partial charge < -0.3 is 0 Å². The molecule has 0 N–H and O–H groups in total. The van der Waals surface area contributed by atoms with Crippen LogP contribution >= 0.6 is 15.9 Å². The number of nitrogens with zero attached hydrogens (tertiary/aromatic N) is 3. The number of aromatic nitrogens is 3. The minimum atomic E-state index is -3.81. The average Bonchev–Trinajstić information content (AvgIpc) is 3.14. The van der Waals surface area contributed by atoms with Crippen molar-refractivity contribution in [3.8, 4) is 11.3 Å². The Labute approximate surface area is 171 Å². The van der Waals surface area contributed by atoms with Gasteiger partial charge in [-0.2, -0.15) is 0 Å². The summed E-state index contributed by atoms with van der Waals surface area (Å²) in [6.45, 7) is 0.311. The normalized spacial score (nSPS) is 11.5. The van der Waals surface area contributed by atoms with Gasteiger partial charge in [0.15, 0.2) is 5.03 Å². The molecule has 3 aromatic carbocycles. The molecule has 0 amide bonds. The van der Waals surface area contributed by atoms with Gasteiger partial charge in [-0.1, -0.05) is 81.8 Å². The van der Waals surface area contributed by atoms with Gasteiger partial charge >= 0.3 is 0 Å². The van der Waals surface area contributed by atoms with Crippen molar-refractivity contribution in [2.45, 2.75) is 16.5 Å². The highest BCUT2D eigenvalue weighted by molar-refractivity contribution is 9.10. The van der Waals surface area contributed by atoms with Gasteiger partial charge in [0.05, 0.1) is 11.4 Å². The number of rotatable bonds is 5. The van der Waals surface area contributed by atoms with Gasteiger partial charge in [0.1, 0.15) is 5.69 Å². The van der Waals surface area contributed by atoms with Crippen LogP contribution in [0.1, 0.15) is 5.56 Å². The van der Waals surface area contributed by atoms with Crippen molar-refractivity contribution >= 4 is 25.8 Å². The molecule has 7 heteroatoms. The molecule has 0 aliphatic carbocycles. The predicted molar refractivity (Wildman–Crippen MR) is 111 cm³/mol. The first-order valence-corrected chi connectivity index (χ1v) is 10.9. The van der Waals surface area contributed by atoms with E-state index in [-0.39, 0.29) is 9.92 Å². The third-order valence-corrected chi connectivity index (χ3v) is 6.63. The minimum absolute atomic E-state index is 0.0878. The first kappa shape index (κ1) is 18.6. The lowest BCUT2D eigenvalue weighted by Gasteiger charge is -2.10. The fourth-order valence-electron chi connectivity index (χ4n) is 2.93. The van der Waals surface area contributed by atoms with Crippen LogP contribution in [-0.2, 0) is 16.4 Å². The van der Waals surface area contributed by atoms with Crippen molar-refractivity contribution in [3.63, 3.8) is 0 Å². The second-order valence-corrected chi connectivity index (χ2v) is 8.99. The molecule has 1 heterocycles. The molecule has 0 saturated heterocycles. The maximum Gasteiger partial charge on any atom is 0.225 e. The first-order chi connectivity index (χ1) is 13.6. The Kier molecular flexibility index (Phi) is 5.11. The number of hydrogen-bond acceptors (Lipinski definition) is 4.